The summed E-state index contributed by atoms with van der Waals surface area (Å²) < 4.78 is 0. The van der Waals surface area contributed by atoms with E-state index in [2.05, 4.69) is 18.8 Å². The van der Waals surface area contributed by atoms with Gasteiger partial charge in [0.25, 0.3) is 0 Å². The summed E-state index contributed by atoms with van der Waals surface area (Å²) in [6.07, 6.45) is 10.5. The molecule has 0 aromatic heterocycles. The van der Waals surface area contributed by atoms with Crippen molar-refractivity contribution in [1.82, 2.24) is 0 Å². The summed E-state index contributed by atoms with van der Waals surface area (Å²) in [6.45, 7) is 5.31. The van der Waals surface area contributed by atoms with Gasteiger partial charge in [-0.15, -0.1) is 0 Å². The number of unbranched alkanes of at least 4 members (excludes halogenated alkanes) is 2. The Balaban J connectivity index is 3.68. The van der Waals surface area contributed by atoms with Gasteiger partial charge in [0.1, 0.15) is 0 Å². The van der Waals surface area contributed by atoms with Crippen LogP contribution in [-0.2, 0) is 0 Å². The summed E-state index contributed by atoms with van der Waals surface area (Å²) in [5.74, 6) is 1.10. The molecule has 0 aromatic rings. The second kappa shape index (κ2) is 10.8. The Bertz CT molecular complexity index is 166. The third-order valence-electron chi connectivity index (χ3n) is 3.00. The van der Waals surface area contributed by atoms with Gasteiger partial charge in [-0.05, 0) is 18.8 Å². The molecule has 0 aliphatic heterocycles. The molecule has 16 heavy (non-hydrogen) atoms. The third-order valence-corrected chi connectivity index (χ3v) is 3.00. The largest absolute Gasteiger partial charge is 0.370 e. The topological polar surface area (TPSA) is 64.4 Å². The zero-order chi connectivity index (χ0) is 12.2. The average molecular weight is 227 g/mol. The van der Waals surface area contributed by atoms with Crippen molar-refractivity contribution >= 4 is 5.96 Å². The van der Waals surface area contributed by atoms with Gasteiger partial charge in [0.2, 0.25) is 0 Å². The molecule has 0 spiro atoms. The normalized spacial score (nSPS) is 10.7. The van der Waals surface area contributed by atoms with Crippen molar-refractivity contribution < 1.29 is 0 Å². The maximum absolute atomic E-state index is 5.30. The molecule has 0 radical (unpaired) electrons. The highest BCUT2D eigenvalue weighted by atomic mass is 15.0. The van der Waals surface area contributed by atoms with Gasteiger partial charge in [0.05, 0.1) is 0 Å². The maximum atomic E-state index is 5.30. The van der Waals surface area contributed by atoms with Crippen LogP contribution in [0, 0.1) is 5.92 Å². The van der Waals surface area contributed by atoms with Crippen molar-refractivity contribution in [2.75, 3.05) is 6.54 Å². The van der Waals surface area contributed by atoms with E-state index in [1.807, 2.05) is 0 Å². The lowest BCUT2D eigenvalue weighted by Gasteiger charge is -2.15. The van der Waals surface area contributed by atoms with Crippen molar-refractivity contribution in [2.45, 2.75) is 65.2 Å². The van der Waals surface area contributed by atoms with E-state index in [9.17, 15) is 0 Å². The smallest absolute Gasteiger partial charge is 0.185 e. The number of hydrogen-bond donors (Lipinski definition) is 2. The van der Waals surface area contributed by atoms with Crippen molar-refractivity contribution in [3.8, 4) is 0 Å². The lowest BCUT2D eigenvalue weighted by atomic mass is 9.92. The molecule has 0 saturated carbocycles. The zero-order valence-electron chi connectivity index (χ0n) is 11.0. The van der Waals surface area contributed by atoms with Crippen LogP contribution in [-0.4, -0.2) is 12.5 Å². The minimum absolute atomic E-state index is 0.221. The molecule has 0 saturated heterocycles. The van der Waals surface area contributed by atoms with Crippen LogP contribution in [0.2, 0.25) is 0 Å². The van der Waals surface area contributed by atoms with E-state index in [4.69, 9.17) is 11.5 Å². The van der Waals surface area contributed by atoms with E-state index in [0.717, 1.165) is 18.9 Å². The number of hydrogen-bond acceptors (Lipinski definition) is 1. The molecule has 0 aliphatic carbocycles. The van der Waals surface area contributed by atoms with E-state index in [0.29, 0.717) is 0 Å². The van der Waals surface area contributed by atoms with Gasteiger partial charge in [-0.2, -0.15) is 0 Å². The monoisotopic (exact) mass is 227 g/mol. The van der Waals surface area contributed by atoms with Crippen LogP contribution in [0.5, 0.6) is 0 Å². The molecule has 0 aliphatic rings. The third kappa shape index (κ3) is 9.81. The van der Waals surface area contributed by atoms with Crippen LogP contribution in [0.1, 0.15) is 65.2 Å². The van der Waals surface area contributed by atoms with Crippen molar-refractivity contribution in [3.63, 3.8) is 0 Å². The van der Waals surface area contributed by atoms with Gasteiger partial charge >= 0.3 is 0 Å². The Morgan fingerprint density at radius 3 is 1.88 bits per heavy atom. The van der Waals surface area contributed by atoms with Crippen molar-refractivity contribution in [1.29, 1.82) is 0 Å². The summed E-state index contributed by atoms with van der Waals surface area (Å²) in [5.41, 5.74) is 10.6. The fraction of sp³-hybridized carbons (Fsp3) is 0.923. The zero-order valence-corrected chi connectivity index (χ0v) is 11.0. The van der Waals surface area contributed by atoms with Gasteiger partial charge in [-0.25, -0.2) is 0 Å². The van der Waals surface area contributed by atoms with E-state index in [1.165, 1.54) is 44.9 Å². The first-order chi connectivity index (χ1) is 7.70. The molecule has 0 fully saturated rings. The summed E-state index contributed by atoms with van der Waals surface area (Å²) in [7, 11) is 0. The lowest BCUT2D eigenvalue weighted by molar-refractivity contribution is 0.386. The molecular formula is C13H29N3. The SMILES string of the molecule is CCCCC(CCCC)CCCN=C(N)N. The first-order valence-corrected chi connectivity index (χ1v) is 6.76. The molecule has 0 rings (SSSR count). The quantitative estimate of drug-likeness (QED) is 0.342. The Hall–Kier alpha value is -0.730. The molecule has 0 aromatic carbocycles. The first kappa shape index (κ1) is 15.3. The minimum atomic E-state index is 0.221. The van der Waals surface area contributed by atoms with Gasteiger partial charge < -0.3 is 11.5 Å². The van der Waals surface area contributed by atoms with E-state index >= 15 is 0 Å². The fourth-order valence-electron chi connectivity index (χ4n) is 2.01. The van der Waals surface area contributed by atoms with Crippen LogP contribution in [0.15, 0.2) is 4.99 Å². The average Bonchev–Trinajstić information content (AvgIpc) is 2.26. The Morgan fingerprint density at radius 2 is 1.44 bits per heavy atom. The molecule has 3 nitrogen and oxygen atoms in total. The Kier molecular flexibility index (Phi) is 10.3. The predicted octanol–water partition coefficient (Wildman–Crippen LogP) is 3.04. The number of rotatable bonds is 10. The second-order valence-corrected chi connectivity index (χ2v) is 4.60. The lowest BCUT2D eigenvalue weighted by Crippen LogP contribution is -2.23. The van der Waals surface area contributed by atoms with E-state index in [1.54, 1.807) is 0 Å². The Morgan fingerprint density at radius 1 is 0.938 bits per heavy atom. The fourth-order valence-corrected chi connectivity index (χ4v) is 2.01. The van der Waals surface area contributed by atoms with Gasteiger partial charge in [0.15, 0.2) is 5.96 Å². The Labute approximate surface area is 101 Å². The second-order valence-electron chi connectivity index (χ2n) is 4.60. The van der Waals surface area contributed by atoms with Crippen LogP contribution in [0.3, 0.4) is 0 Å². The van der Waals surface area contributed by atoms with Crippen LogP contribution < -0.4 is 11.5 Å². The summed E-state index contributed by atoms with van der Waals surface area (Å²) >= 11 is 0. The van der Waals surface area contributed by atoms with Gasteiger partial charge in [-0.3, -0.25) is 4.99 Å². The molecule has 0 amide bonds. The summed E-state index contributed by atoms with van der Waals surface area (Å²) in [5, 5.41) is 0. The maximum Gasteiger partial charge on any atom is 0.185 e. The molecule has 0 heterocycles. The molecule has 3 heteroatoms. The predicted molar refractivity (Wildman–Crippen MR) is 72.5 cm³/mol. The van der Waals surface area contributed by atoms with Gasteiger partial charge in [-0.1, -0.05) is 52.4 Å². The number of nitrogens with two attached hydrogens (primary N) is 2. The molecule has 96 valence electrons. The first-order valence-electron chi connectivity index (χ1n) is 6.76. The number of nitrogens with zero attached hydrogens (tertiary/aromatic N) is 1. The molecule has 0 unspecified atom stereocenters. The highest BCUT2D eigenvalue weighted by molar-refractivity contribution is 5.75. The van der Waals surface area contributed by atoms with Crippen molar-refractivity contribution in [3.05, 3.63) is 0 Å². The standard InChI is InChI=1S/C13H29N3/c1-3-5-8-12(9-6-4-2)10-7-11-16-13(14)15/h12H,3-11H2,1-2H3,(H4,14,15,16). The van der Waals surface area contributed by atoms with Crippen LogP contribution in [0.25, 0.3) is 0 Å². The van der Waals surface area contributed by atoms with Gasteiger partial charge in [0, 0.05) is 6.54 Å². The van der Waals surface area contributed by atoms with Crippen LogP contribution >= 0.6 is 0 Å². The molecular weight excluding hydrogens is 198 g/mol. The highest BCUT2D eigenvalue weighted by Gasteiger charge is 2.07. The van der Waals surface area contributed by atoms with Crippen LogP contribution in [0.4, 0.5) is 0 Å². The molecule has 4 N–H and O–H groups in total. The number of guanidine groups is 1. The highest BCUT2D eigenvalue weighted by Crippen LogP contribution is 2.21. The minimum Gasteiger partial charge on any atom is -0.370 e. The summed E-state index contributed by atoms with van der Waals surface area (Å²) in [4.78, 5) is 4.03. The van der Waals surface area contributed by atoms with Crippen molar-refractivity contribution in [2.24, 2.45) is 22.4 Å². The van der Waals surface area contributed by atoms with E-state index in [-0.39, 0.29) is 5.96 Å². The molecule has 0 atom stereocenters. The number of aliphatic imine (C=N–C) groups is 1. The van der Waals surface area contributed by atoms with E-state index < -0.39 is 0 Å². The summed E-state index contributed by atoms with van der Waals surface area (Å²) in [6, 6.07) is 0. The molecule has 0 bridgehead atoms.